The molecule has 0 aliphatic carbocycles. The second kappa shape index (κ2) is 7.84. The lowest BCUT2D eigenvalue weighted by molar-refractivity contribution is 0.414. The van der Waals surface area contributed by atoms with Crippen LogP contribution < -0.4 is 10.1 Å². The van der Waals surface area contributed by atoms with Gasteiger partial charge in [0.05, 0.1) is 7.11 Å². The molecule has 112 valence electrons. The number of hydrogen-bond donors (Lipinski definition) is 1. The lowest BCUT2D eigenvalue weighted by Crippen LogP contribution is -2.27. The van der Waals surface area contributed by atoms with Crippen LogP contribution in [0, 0.1) is 0 Å². The molecule has 0 bridgehead atoms. The largest absolute Gasteiger partial charge is 0.497 e. The van der Waals surface area contributed by atoms with Crippen molar-refractivity contribution in [1.29, 1.82) is 0 Å². The fourth-order valence-electron chi connectivity index (χ4n) is 2.37. The molecule has 0 radical (unpaired) electrons. The quantitative estimate of drug-likeness (QED) is 0.830. The van der Waals surface area contributed by atoms with Gasteiger partial charge in [-0.1, -0.05) is 43.3 Å². The number of methoxy groups -OCH3 is 1. The Bertz CT molecular complexity index is 530. The number of hydrogen-bond acceptors (Lipinski definition) is 2. The molecular weight excluding hydrogens is 258 g/mol. The highest BCUT2D eigenvalue weighted by atomic mass is 16.5. The Balaban J connectivity index is 1.81. The smallest absolute Gasteiger partial charge is 0.118 e. The summed E-state index contributed by atoms with van der Waals surface area (Å²) in [7, 11) is 1.70. The third kappa shape index (κ3) is 4.91. The fourth-order valence-corrected chi connectivity index (χ4v) is 2.37. The first-order valence-corrected chi connectivity index (χ1v) is 7.65. The average Bonchev–Trinajstić information content (AvgIpc) is 2.54. The van der Waals surface area contributed by atoms with E-state index in [0.717, 1.165) is 25.1 Å². The Kier molecular flexibility index (Phi) is 5.82. The number of benzene rings is 2. The standard InChI is InChI=1S/C19H25NO/c1-4-16-5-7-18(8-6-16)14-20-15(2)13-17-9-11-19(21-3)12-10-17/h5-12,15,20H,4,13-14H2,1-3H3. The number of ether oxygens (including phenoxy) is 1. The number of aryl methyl sites for hydroxylation is 1. The first-order chi connectivity index (χ1) is 10.2. The van der Waals surface area contributed by atoms with E-state index in [1.165, 1.54) is 16.7 Å². The molecule has 0 aliphatic heterocycles. The van der Waals surface area contributed by atoms with E-state index in [0.29, 0.717) is 6.04 Å². The lowest BCUT2D eigenvalue weighted by atomic mass is 10.1. The molecule has 2 heteroatoms. The minimum absolute atomic E-state index is 0.448. The van der Waals surface area contributed by atoms with Crippen molar-refractivity contribution in [1.82, 2.24) is 5.32 Å². The molecule has 2 aromatic rings. The van der Waals surface area contributed by atoms with Crippen LogP contribution in [0.15, 0.2) is 48.5 Å². The third-order valence-corrected chi connectivity index (χ3v) is 3.79. The molecule has 2 rings (SSSR count). The summed E-state index contributed by atoms with van der Waals surface area (Å²) in [6.45, 7) is 5.33. The third-order valence-electron chi connectivity index (χ3n) is 3.79. The first-order valence-electron chi connectivity index (χ1n) is 7.65. The maximum Gasteiger partial charge on any atom is 0.118 e. The summed E-state index contributed by atoms with van der Waals surface area (Å²) in [6.07, 6.45) is 2.12. The second-order valence-electron chi connectivity index (χ2n) is 5.50. The van der Waals surface area contributed by atoms with Crippen LogP contribution in [-0.4, -0.2) is 13.2 Å². The molecule has 0 amide bonds. The van der Waals surface area contributed by atoms with Crippen LogP contribution in [0.5, 0.6) is 5.75 Å². The maximum atomic E-state index is 5.18. The SMILES string of the molecule is CCc1ccc(CNC(C)Cc2ccc(OC)cc2)cc1. The highest BCUT2D eigenvalue weighted by Crippen LogP contribution is 2.13. The predicted molar refractivity (Wildman–Crippen MR) is 88.8 cm³/mol. The summed E-state index contributed by atoms with van der Waals surface area (Å²) in [5.74, 6) is 0.912. The lowest BCUT2D eigenvalue weighted by Gasteiger charge is -2.14. The number of nitrogens with one attached hydrogen (secondary N) is 1. The molecule has 0 saturated carbocycles. The van der Waals surface area contributed by atoms with E-state index >= 15 is 0 Å². The van der Waals surface area contributed by atoms with E-state index < -0.39 is 0 Å². The average molecular weight is 283 g/mol. The zero-order valence-electron chi connectivity index (χ0n) is 13.2. The minimum Gasteiger partial charge on any atom is -0.497 e. The predicted octanol–water partition coefficient (Wildman–Crippen LogP) is 3.98. The van der Waals surface area contributed by atoms with Gasteiger partial charge in [0.1, 0.15) is 5.75 Å². The van der Waals surface area contributed by atoms with Gasteiger partial charge < -0.3 is 10.1 Å². The van der Waals surface area contributed by atoms with Gasteiger partial charge in [-0.3, -0.25) is 0 Å². The summed E-state index contributed by atoms with van der Waals surface area (Å²) in [5, 5.41) is 3.58. The van der Waals surface area contributed by atoms with Crippen molar-refractivity contribution in [3.63, 3.8) is 0 Å². The van der Waals surface area contributed by atoms with Gasteiger partial charge in [-0.15, -0.1) is 0 Å². The van der Waals surface area contributed by atoms with Gasteiger partial charge in [-0.05, 0) is 48.6 Å². The Labute approximate surface area is 128 Å². The van der Waals surface area contributed by atoms with Gasteiger partial charge in [0.25, 0.3) is 0 Å². The van der Waals surface area contributed by atoms with Crippen molar-refractivity contribution in [2.24, 2.45) is 0 Å². The maximum absolute atomic E-state index is 5.18. The number of rotatable bonds is 7. The van der Waals surface area contributed by atoms with Gasteiger partial charge in [-0.2, -0.15) is 0 Å². The molecule has 0 heterocycles. The van der Waals surface area contributed by atoms with Gasteiger partial charge in [0.15, 0.2) is 0 Å². The molecule has 0 saturated heterocycles. The summed E-state index contributed by atoms with van der Waals surface area (Å²) in [5.41, 5.74) is 4.07. The van der Waals surface area contributed by atoms with Crippen LogP contribution in [0.4, 0.5) is 0 Å². The van der Waals surface area contributed by atoms with Crippen molar-refractivity contribution < 1.29 is 4.74 Å². The van der Waals surface area contributed by atoms with E-state index in [4.69, 9.17) is 4.74 Å². The van der Waals surface area contributed by atoms with Crippen LogP contribution in [0.25, 0.3) is 0 Å². The van der Waals surface area contributed by atoms with Crippen molar-refractivity contribution in [3.8, 4) is 5.75 Å². The van der Waals surface area contributed by atoms with Crippen LogP contribution in [-0.2, 0) is 19.4 Å². The summed E-state index contributed by atoms with van der Waals surface area (Å²) in [6, 6.07) is 17.6. The van der Waals surface area contributed by atoms with E-state index in [1.54, 1.807) is 7.11 Å². The zero-order chi connectivity index (χ0) is 15.1. The molecular formula is C19H25NO. The van der Waals surface area contributed by atoms with E-state index in [-0.39, 0.29) is 0 Å². The molecule has 0 fully saturated rings. The molecule has 2 aromatic carbocycles. The Morgan fingerprint density at radius 2 is 1.48 bits per heavy atom. The van der Waals surface area contributed by atoms with Crippen molar-refractivity contribution >= 4 is 0 Å². The van der Waals surface area contributed by atoms with Gasteiger partial charge in [0, 0.05) is 12.6 Å². The van der Waals surface area contributed by atoms with E-state index in [1.807, 2.05) is 12.1 Å². The Morgan fingerprint density at radius 1 is 0.905 bits per heavy atom. The minimum atomic E-state index is 0.448. The van der Waals surface area contributed by atoms with Crippen LogP contribution in [0.1, 0.15) is 30.5 Å². The monoisotopic (exact) mass is 283 g/mol. The topological polar surface area (TPSA) is 21.3 Å². The zero-order valence-corrected chi connectivity index (χ0v) is 13.2. The molecule has 1 atom stereocenters. The van der Waals surface area contributed by atoms with Crippen molar-refractivity contribution in [2.45, 2.75) is 39.3 Å². The molecule has 0 aliphatic rings. The first kappa shape index (κ1) is 15.6. The summed E-state index contributed by atoms with van der Waals surface area (Å²) < 4.78 is 5.18. The van der Waals surface area contributed by atoms with Crippen molar-refractivity contribution in [2.75, 3.05) is 7.11 Å². The van der Waals surface area contributed by atoms with Crippen LogP contribution in [0.2, 0.25) is 0 Å². The molecule has 0 aromatic heterocycles. The summed E-state index contributed by atoms with van der Waals surface area (Å²) in [4.78, 5) is 0. The highest BCUT2D eigenvalue weighted by Gasteiger charge is 2.04. The Morgan fingerprint density at radius 3 is 2.05 bits per heavy atom. The Hall–Kier alpha value is -1.80. The molecule has 2 nitrogen and oxygen atoms in total. The highest BCUT2D eigenvalue weighted by molar-refractivity contribution is 5.27. The molecule has 1 unspecified atom stereocenters. The molecule has 0 spiro atoms. The van der Waals surface area contributed by atoms with Gasteiger partial charge in [0.2, 0.25) is 0 Å². The van der Waals surface area contributed by atoms with Gasteiger partial charge in [-0.25, -0.2) is 0 Å². The van der Waals surface area contributed by atoms with Gasteiger partial charge >= 0.3 is 0 Å². The van der Waals surface area contributed by atoms with Crippen LogP contribution in [0.3, 0.4) is 0 Å². The molecule has 1 N–H and O–H groups in total. The summed E-state index contributed by atoms with van der Waals surface area (Å²) >= 11 is 0. The van der Waals surface area contributed by atoms with E-state index in [2.05, 4.69) is 55.6 Å². The fraction of sp³-hybridized carbons (Fsp3) is 0.368. The molecule has 21 heavy (non-hydrogen) atoms. The van der Waals surface area contributed by atoms with Crippen molar-refractivity contribution in [3.05, 3.63) is 65.2 Å². The second-order valence-corrected chi connectivity index (χ2v) is 5.50. The van der Waals surface area contributed by atoms with E-state index in [9.17, 15) is 0 Å². The normalized spacial score (nSPS) is 12.1. The van der Waals surface area contributed by atoms with Crippen LogP contribution >= 0.6 is 0 Å².